The molecule has 1 aliphatic heterocycles. The molecule has 1 amide bonds. The Hall–Kier alpha value is -4.70. The molecule has 0 aliphatic carbocycles. The number of benzene rings is 3. The second-order valence-corrected chi connectivity index (χ2v) is 11.0. The van der Waals surface area contributed by atoms with Crippen molar-refractivity contribution >= 4 is 23.2 Å². The molecule has 0 spiro atoms. The van der Waals surface area contributed by atoms with Crippen LogP contribution in [0, 0.1) is 19.7 Å². The summed E-state index contributed by atoms with van der Waals surface area (Å²) < 4.78 is 32.5. The molecule has 2 N–H and O–H groups in total. The zero-order valence-electron chi connectivity index (χ0n) is 26.1. The van der Waals surface area contributed by atoms with E-state index in [2.05, 4.69) is 25.5 Å². The quantitative estimate of drug-likeness (QED) is 0.148. The van der Waals surface area contributed by atoms with Crippen molar-refractivity contribution in [2.45, 2.75) is 46.5 Å². The molecule has 1 fully saturated rings. The van der Waals surface area contributed by atoms with Gasteiger partial charge < -0.3 is 29.7 Å². The lowest BCUT2D eigenvalue weighted by atomic mass is 10.1. The van der Waals surface area contributed by atoms with Gasteiger partial charge >= 0.3 is 0 Å². The van der Waals surface area contributed by atoms with Crippen LogP contribution in [0.1, 0.15) is 54.1 Å². The van der Waals surface area contributed by atoms with Gasteiger partial charge in [0.05, 0.1) is 13.2 Å². The lowest BCUT2D eigenvalue weighted by Crippen LogP contribution is -2.31. The first kappa shape index (κ1) is 31.7. The Morgan fingerprint density at radius 3 is 2.42 bits per heavy atom. The maximum absolute atomic E-state index is 15.0. The Balaban J connectivity index is 1.33. The highest BCUT2D eigenvalue weighted by Crippen LogP contribution is 2.33. The Bertz CT molecular complexity index is 1590. The van der Waals surface area contributed by atoms with Crippen molar-refractivity contribution in [1.29, 1.82) is 0 Å². The van der Waals surface area contributed by atoms with Crippen molar-refractivity contribution in [1.82, 2.24) is 14.9 Å². The molecule has 10 heteroatoms. The minimum atomic E-state index is -0.496. The van der Waals surface area contributed by atoms with Crippen LogP contribution in [0.15, 0.2) is 66.9 Å². The Labute approximate surface area is 263 Å². The van der Waals surface area contributed by atoms with E-state index in [9.17, 15) is 9.18 Å². The average Bonchev–Trinajstić information content (AvgIpc) is 3.04. The van der Waals surface area contributed by atoms with Gasteiger partial charge in [-0.2, -0.15) is 4.98 Å². The van der Waals surface area contributed by atoms with Crippen molar-refractivity contribution in [3.05, 3.63) is 89.4 Å². The van der Waals surface area contributed by atoms with Gasteiger partial charge in [0.25, 0.3) is 5.91 Å². The Kier molecular flexibility index (Phi) is 10.8. The molecular weight excluding hydrogens is 573 g/mol. The number of ether oxygens (including phenoxy) is 3. The third-order valence-corrected chi connectivity index (χ3v) is 7.59. The highest BCUT2D eigenvalue weighted by molar-refractivity contribution is 6.06. The third-order valence-electron chi connectivity index (χ3n) is 7.59. The molecule has 9 nitrogen and oxygen atoms in total. The van der Waals surface area contributed by atoms with Gasteiger partial charge in [0.1, 0.15) is 5.56 Å². The Morgan fingerprint density at radius 2 is 1.69 bits per heavy atom. The molecule has 0 unspecified atom stereocenters. The van der Waals surface area contributed by atoms with Crippen LogP contribution in [-0.4, -0.2) is 53.6 Å². The lowest BCUT2D eigenvalue weighted by Gasteiger charge is -2.26. The van der Waals surface area contributed by atoms with E-state index in [1.807, 2.05) is 45.0 Å². The summed E-state index contributed by atoms with van der Waals surface area (Å²) in [7, 11) is 0. The SMILES string of the molecule is CCOc1ccccc1Oc1nc(Nc2ccc(OCCCN3CCCCC3)c(F)c2)ncc1C(=O)Nc1c(C)cccc1C. The predicted octanol–water partition coefficient (Wildman–Crippen LogP) is 7.67. The topological polar surface area (TPSA) is 97.8 Å². The Morgan fingerprint density at radius 1 is 0.933 bits per heavy atom. The zero-order chi connectivity index (χ0) is 31.6. The summed E-state index contributed by atoms with van der Waals surface area (Å²) in [5, 5.41) is 5.98. The van der Waals surface area contributed by atoms with Crippen LogP contribution in [0.3, 0.4) is 0 Å². The molecule has 0 saturated carbocycles. The number of nitrogens with one attached hydrogen (secondary N) is 2. The van der Waals surface area contributed by atoms with Gasteiger partial charge in [-0.15, -0.1) is 0 Å². The minimum Gasteiger partial charge on any atom is -0.490 e. The molecule has 0 radical (unpaired) electrons. The fourth-order valence-corrected chi connectivity index (χ4v) is 5.24. The first-order valence-corrected chi connectivity index (χ1v) is 15.5. The number of amides is 1. The highest BCUT2D eigenvalue weighted by atomic mass is 19.1. The molecule has 0 atom stereocenters. The number of nitrogens with zero attached hydrogens (tertiary/aromatic N) is 3. The highest BCUT2D eigenvalue weighted by Gasteiger charge is 2.20. The van der Waals surface area contributed by atoms with E-state index in [1.165, 1.54) is 31.5 Å². The molecule has 1 saturated heterocycles. The predicted molar refractivity (Wildman–Crippen MR) is 174 cm³/mol. The van der Waals surface area contributed by atoms with E-state index in [0.717, 1.165) is 37.2 Å². The largest absolute Gasteiger partial charge is 0.490 e. The van der Waals surface area contributed by atoms with Crippen LogP contribution >= 0.6 is 0 Å². The molecule has 4 aromatic rings. The zero-order valence-corrected chi connectivity index (χ0v) is 26.1. The third kappa shape index (κ3) is 8.48. The van der Waals surface area contributed by atoms with Gasteiger partial charge in [-0.05, 0) is 88.5 Å². The van der Waals surface area contributed by atoms with Crippen molar-refractivity contribution in [2.75, 3.05) is 43.5 Å². The van der Waals surface area contributed by atoms with Crippen LogP contribution in [0.4, 0.5) is 21.7 Å². The monoisotopic (exact) mass is 613 g/mol. The maximum atomic E-state index is 15.0. The number of carbonyl (C=O) groups excluding carboxylic acids is 1. The maximum Gasteiger partial charge on any atom is 0.262 e. The number of aryl methyl sites for hydroxylation is 2. The average molecular weight is 614 g/mol. The molecule has 5 rings (SSSR count). The van der Waals surface area contributed by atoms with E-state index >= 15 is 0 Å². The first-order valence-electron chi connectivity index (χ1n) is 15.5. The standard InChI is InChI=1S/C35H40FN5O4/c1-4-43-30-14-6-7-15-31(30)45-34-27(33(42)39-32-24(2)12-10-13-25(32)3)23-37-35(40-34)38-26-16-17-29(28(36)22-26)44-21-11-20-41-18-8-5-9-19-41/h6-7,10,12-17,22-23H,4-5,8-9,11,18-21H2,1-3H3,(H,39,42)(H,37,38,40). The first-order chi connectivity index (χ1) is 21.9. The number of halogens is 1. The molecule has 236 valence electrons. The van der Waals surface area contributed by atoms with Crippen LogP contribution < -0.4 is 24.8 Å². The summed E-state index contributed by atoms with van der Waals surface area (Å²) in [4.78, 5) is 24.8. The second-order valence-electron chi connectivity index (χ2n) is 11.0. The summed E-state index contributed by atoms with van der Waals surface area (Å²) in [5.74, 6) is 0.283. The lowest BCUT2D eigenvalue weighted by molar-refractivity contribution is 0.102. The number of rotatable bonds is 13. The van der Waals surface area contributed by atoms with Gasteiger partial charge in [0.2, 0.25) is 11.8 Å². The smallest absolute Gasteiger partial charge is 0.262 e. The normalized spacial score (nSPS) is 13.2. The van der Waals surface area contributed by atoms with E-state index in [0.29, 0.717) is 36.1 Å². The van der Waals surface area contributed by atoms with Gasteiger partial charge in [-0.1, -0.05) is 36.8 Å². The number of anilines is 3. The van der Waals surface area contributed by atoms with Crippen molar-refractivity contribution in [3.63, 3.8) is 0 Å². The summed E-state index contributed by atoms with van der Waals surface area (Å²) in [5.41, 5.74) is 3.08. The molecular formula is C35H40FN5O4. The van der Waals surface area contributed by atoms with Crippen molar-refractivity contribution in [3.8, 4) is 23.1 Å². The molecule has 45 heavy (non-hydrogen) atoms. The second kappa shape index (κ2) is 15.3. The number of hydrogen-bond donors (Lipinski definition) is 2. The van der Waals surface area contributed by atoms with Crippen LogP contribution in [0.5, 0.6) is 23.1 Å². The fraction of sp³-hybridized carbons (Fsp3) is 0.343. The van der Waals surface area contributed by atoms with Crippen LogP contribution in [0.25, 0.3) is 0 Å². The molecule has 0 bridgehead atoms. The van der Waals surface area contributed by atoms with E-state index < -0.39 is 11.7 Å². The molecule has 1 aliphatic rings. The summed E-state index contributed by atoms with van der Waals surface area (Å²) in [6.45, 7) is 9.80. The van der Waals surface area contributed by atoms with Gasteiger partial charge in [0.15, 0.2) is 23.1 Å². The van der Waals surface area contributed by atoms with E-state index in [-0.39, 0.29) is 23.1 Å². The summed E-state index contributed by atoms with van der Waals surface area (Å²) >= 11 is 0. The minimum absolute atomic E-state index is 0.0116. The fourth-order valence-electron chi connectivity index (χ4n) is 5.24. The molecule has 1 aromatic heterocycles. The number of aromatic nitrogens is 2. The summed E-state index contributed by atoms with van der Waals surface area (Å²) in [6.07, 6.45) is 6.00. The number of piperidine rings is 1. The number of carbonyl (C=O) groups is 1. The van der Waals surface area contributed by atoms with Crippen molar-refractivity contribution in [2.24, 2.45) is 0 Å². The van der Waals surface area contributed by atoms with Gasteiger partial charge in [0, 0.05) is 30.2 Å². The van der Waals surface area contributed by atoms with Gasteiger partial charge in [-0.25, -0.2) is 9.37 Å². The molecule has 2 heterocycles. The van der Waals surface area contributed by atoms with Crippen molar-refractivity contribution < 1.29 is 23.4 Å². The van der Waals surface area contributed by atoms with Crippen LogP contribution in [-0.2, 0) is 0 Å². The van der Waals surface area contributed by atoms with Gasteiger partial charge in [-0.3, -0.25) is 4.79 Å². The van der Waals surface area contributed by atoms with E-state index in [4.69, 9.17) is 14.2 Å². The molecule has 3 aromatic carbocycles. The summed E-state index contributed by atoms with van der Waals surface area (Å²) in [6, 6.07) is 17.5. The number of para-hydroxylation sites is 3. The number of hydrogen-bond acceptors (Lipinski definition) is 8. The van der Waals surface area contributed by atoms with E-state index in [1.54, 1.807) is 30.3 Å². The number of likely N-dealkylation sites (tertiary alicyclic amines) is 1. The van der Waals surface area contributed by atoms with Crippen LogP contribution in [0.2, 0.25) is 0 Å².